The van der Waals surface area contributed by atoms with Gasteiger partial charge in [0.2, 0.25) is 0 Å². The van der Waals surface area contributed by atoms with Crippen molar-refractivity contribution in [2.75, 3.05) is 26.2 Å². The summed E-state index contributed by atoms with van der Waals surface area (Å²) < 4.78 is 7.01. The summed E-state index contributed by atoms with van der Waals surface area (Å²) in [5.41, 5.74) is 1.99. The van der Waals surface area contributed by atoms with Crippen molar-refractivity contribution in [3.8, 4) is 17.4 Å². The largest absolute Gasteiger partial charge is 0.463 e. The van der Waals surface area contributed by atoms with Gasteiger partial charge in [-0.15, -0.1) is 0 Å². The van der Waals surface area contributed by atoms with E-state index in [2.05, 4.69) is 33.8 Å². The van der Waals surface area contributed by atoms with Crippen molar-refractivity contribution < 1.29 is 9.21 Å². The van der Waals surface area contributed by atoms with E-state index < -0.39 is 0 Å². The summed E-state index contributed by atoms with van der Waals surface area (Å²) >= 11 is 0. The van der Waals surface area contributed by atoms with Crippen molar-refractivity contribution in [3.63, 3.8) is 0 Å². The van der Waals surface area contributed by atoms with Gasteiger partial charge in [-0.1, -0.05) is 0 Å². The molecular weight excluding hydrogens is 356 g/mol. The zero-order valence-electron chi connectivity index (χ0n) is 16.4. The van der Waals surface area contributed by atoms with Crippen LogP contribution in [0.3, 0.4) is 0 Å². The molecule has 0 radical (unpaired) electrons. The fourth-order valence-electron chi connectivity index (χ4n) is 3.44. The minimum Gasteiger partial charge on any atom is -0.463 e. The normalized spacial score (nSPS) is 15.4. The number of rotatable bonds is 4. The van der Waals surface area contributed by atoms with E-state index in [0.717, 1.165) is 31.9 Å². The van der Waals surface area contributed by atoms with Crippen molar-refractivity contribution in [1.29, 1.82) is 0 Å². The van der Waals surface area contributed by atoms with Crippen LogP contribution in [-0.4, -0.2) is 67.7 Å². The van der Waals surface area contributed by atoms with Gasteiger partial charge < -0.3 is 9.32 Å². The van der Waals surface area contributed by atoms with Crippen molar-refractivity contribution in [3.05, 3.63) is 48.1 Å². The second-order valence-electron chi connectivity index (χ2n) is 7.20. The summed E-state index contributed by atoms with van der Waals surface area (Å²) in [6.07, 6.45) is 4.87. The number of furan rings is 1. The van der Waals surface area contributed by atoms with Crippen LogP contribution in [0.5, 0.6) is 0 Å². The third-order valence-electron chi connectivity index (χ3n) is 5.18. The van der Waals surface area contributed by atoms with Gasteiger partial charge in [-0.2, -0.15) is 5.10 Å². The van der Waals surface area contributed by atoms with Gasteiger partial charge in [0.25, 0.3) is 11.9 Å². The van der Waals surface area contributed by atoms with E-state index in [0.29, 0.717) is 29.0 Å². The molecule has 0 atom stereocenters. The quantitative estimate of drug-likeness (QED) is 0.691. The second kappa shape index (κ2) is 7.55. The number of carbonyl (C=O) groups excluding carboxylic acids is 1. The molecule has 4 heterocycles. The molecule has 3 aromatic heterocycles. The van der Waals surface area contributed by atoms with Crippen LogP contribution in [0.25, 0.3) is 17.4 Å². The van der Waals surface area contributed by atoms with Gasteiger partial charge >= 0.3 is 0 Å². The smallest absolute Gasteiger partial charge is 0.257 e. The average Bonchev–Trinajstić information content (AvgIpc) is 3.38. The highest BCUT2D eigenvalue weighted by Gasteiger charge is 2.26. The van der Waals surface area contributed by atoms with Crippen LogP contribution in [0.4, 0.5) is 0 Å². The Hall–Kier alpha value is -3.00. The molecule has 1 fully saturated rings. The van der Waals surface area contributed by atoms with Gasteiger partial charge in [0, 0.05) is 38.4 Å². The first kappa shape index (κ1) is 18.4. The fourth-order valence-corrected chi connectivity index (χ4v) is 3.44. The monoisotopic (exact) mass is 380 g/mol. The molecule has 8 nitrogen and oxygen atoms in total. The Labute approximate surface area is 163 Å². The van der Waals surface area contributed by atoms with Crippen LogP contribution in [0.2, 0.25) is 0 Å². The molecule has 0 aromatic carbocycles. The molecule has 1 amide bonds. The van der Waals surface area contributed by atoms with Crippen LogP contribution >= 0.6 is 0 Å². The van der Waals surface area contributed by atoms with Crippen molar-refractivity contribution in [2.45, 2.75) is 26.8 Å². The van der Waals surface area contributed by atoms with E-state index >= 15 is 0 Å². The molecule has 146 valence electrons. The molecule has 0 N–H and O–H groups in total. The number of amides is 1. The summed E-state index contributed by atoms with van der Waals surface area (Å²) in [6.45, 7) is 9.48. The molecule has 1 aliphatic rings. The molecule has 4 rings (SSSR count). The molecule has 8 heteroatoms. The fraction of sp³-hybridized carbons (Fsp3) is 0.400. The van der Waals surface area contributed by atoms with Gasteiger partial charge in [0.15, 0.2) is 5.76 Å². The number of nitrogens with zero attached hydrogens (tertiary/aromatic N) is 6. The topological polar surface area (TPSA) is 80.3 Å². The van der Waals surface area contributed by atoms with E-state index in [1.54, 1.807) is 29.4 Å². The average molecular weight is 380 g/mol. The van der Waals surface area contributed by atoms with Gasteiger partial charge in [0.05, 0.1) is 23.7 Å². The minimum atomic E-state index is 0.00865. The lowest BCUT2D eigenvalue weighted by atomic mass is 10.2. The highest BCUT2D eigenvalue weighted by Crippen LogP contribution is 2.19. The molecule has 0 bridgehead atoms. The van der Waals surface area contributed by atoms with Crippen LogP contribution in [0.1, 0.15) is 29.9 Å². The maximum absolute atomic E-state index is 13.0. The molecule has 0 saturated carbocycles. The highest BCUT2D eigenvalue weighted by atomic mass is 16.3. The van der Waals surface area contributed by atoms with E-state index in [-0.39, 0.29) is 5.91 Å². The standard InChI is InChI=1S/C20H24N6O2/c1-14(2)24-8-10-25(11-9-24)19(27)16-13-22-26(15(16)3)20-21-7-6-17(23-20)18-5-4-12-28-18/h4-7,12-14H,8-11H2,1-3H3. The Kier molecular flexibility index (Phi) is 4.95. The first-order valence-corrected chi connectivity index (χ1v) is 9.50. The lowest BCUT2D eigenvalue weighted by Crippen LogP contribution is -2.50. The van der Waals surface area contributed by atoms with Gasteiger partial charge in [-0.25, -0.2) is 14.6 Å². The molecule has 0 aliphatic carbocycles. The number of carbonyl (C=O) groups is 1. The Morgan fingerprint density at radius 3 is 2.64 bits per heavy atom. The lowest BCUT2D eigenvalue weighted by Gasteiger charge is -2.36. The summed E-state index contributed by atoms with van der Waals surface area (Å²) in [5.74, 6) is 1.08. The van der Waals surface area contributed by atoms with Crippen LogP contribution < -0.4 is 0 Å². The third-order valence-corrected chi connectivity index (χ3v) is 5.18. The van der Waals surface area contributed by atoms with Crippen molar-refractivity contribution in [1.82, 2.24) is 29.5 Å². The van der Waals surface area contributed by atoms with E-state index in [9.17, 15) is 4.79 Å². The Morgan fingerprint density at radius 1 is 1.18 bits per heavy atom. The molecule has 0 spiro atoms. The zero-order chi connectivity index (χ0) is 19.7. The summed E-state index contributed by atoms with van der Waals surface area (Å²) in [6, 6.07) is 5.93. The van der Waals surface area contributed by atoms with E-state index in [1.807, 2.05) is 24.0 Å². The predicted molar refractivity (Wildman–Crippen MR) is 104 cm³/mol. The summed E-state index contributed by atoms with van der Waals surface area (Å²) in [7, 11) is 0. The van der Waals surface area contributed by atoms with Crippen LogP contribution in [0.15, 0.2) is 41.3 Å². The molecule has 1 aliphatic heterocycles. The van der Waals surface area contributed by atoms with Gasteiger partial charge in [-0.3, -0.25) is 9.69 Å². The lowest BCUT2D eigenvalue weighted by molar-refractivity contribution is 0.0595. The minimum absolute atomic E-state index is 0.00865. The maximum Gasteiger partial charge on any atom is 0.257 e. The van der Waals surface area contributed by atoms with E-state index in [1.165, 1.54) is 0 Å². The highest BCUT2D eigenvalue weighted by molar-refractivity contribution is 5.95. The van der Waals surface area contributed by atoms with Crippen molar-refractivity contribution in [2.24, 2.45) is 0 Å². The van der Waals surface area contributed by atoms with Crippen molar-refractivity contribution >= 4 is 5.91 Å². The Bertz CT molecular complexity index is 955. The number of piperazine rings is 1. The summed E-state index contributed by atoms with van der Waals surface area (Å²) in [5, 5.41) is 4.37. The Morgan fingerprint density at radius 2 is 1.96 bits per heavy atom. The second-order valence-corrected chi connectivity index (χ2v) is 7.20. The maximum atomic E-state index is 13.0. The zero-order valence-corrected chi connectivity index (χ0v) is 16.4. The van der Waals surface area contributed by atoms with Gasteiger partial charge in [0.1, 0.15) is 5.69 Å². The number of hydrogen-bond donors (Lipinski definition) is 0. The molecule has 1 saturated heterocycles. The number of hydrogen-bond acceptors (Lipinski definition) is 6. The summed E-state index contributed by atoms with van der Waals surface area (Å²) in [4.78, 5) is 26.1. The van der Waals surface area contributed by atoms with Crippen LogP contribution in [0, 0.1) is 6.92 Å². The predicted octanol–water partition coefficient (Wildman–Crippen LogP) is 2.40. The first-order valence-electron chi connectivity index (χ1n) is 9.50. The van der Waals surface area contributed by atoms with Crippen LogP contribution in [-0.2, 0) is 0 Å². The Balaban J connectivity index is 1.55. The number of aromatic nitrogens is 4. The molecular formula is C20H24N6O2. The SMILES string of the molecule is Cc1c(C(=O)N2CCN(C(C)C)CC2)cnn1-c1nccc(-c2ccco2)n1. The molecule has 28 heavy (non-hydrogen) atoms. The first-order chi connectivity index (χ1) is 13.5. The molecule has 3 aromatic rings. The molecule has 0 unspecified atom stereocenters. The third kappa shape index (κ3) is 3.43. The van der Waals surface area contributed by atoms with Gasteiger partial charge in [-0.05, 0) is 39.0 Å². The van der Waals surface area contributed by atoms with E-state index in [4.69, 9.17) is 4.42 Å².